The molecule has 0 nitrogen and oxygen atoms in total. The van der Waals surface area contributed by atoms with E-state index in [-0.39, 0.29) is 0 Å². The van der Waals surface area contributed by atoms with Crippen molar-refractivity contribution in [2.75, 3.05) is 0 Å². The molecular weight excluding hydrogens is 180 g/mol. The third-order valence-electron chi connectivity index (χ3n) is 2.40. The maximum absolute atomic E-state index is 3.91. The van der Waals surface area contributed by atoms with Crippen LogP contribution in [0.2, 0.25) is 0 Å². The lowest BCUT2D eigenvalue weighted by atomic mass is 10.1. The molecule has 0 bridgehead atoms. The Bertz CT molecular complexity index is 264. The zero-order chi connectivity index (χ0) is 11.7. The van der Waals surface area contributed by atoms with E-state index < -0.39 is 0 Å². The maximum Gasteiger partial charge on any atom is -0.0161 e. The van der Waals surface area contributed by atoms with Gasteiger partial charge in [-0.25, -0.2) is 0 Å². The van der Waals surface area contributed by atoms with Gasteiger partial charge in [0, 0.05) is 0 Å². The fourth-order valence-corrected chi connectivity index (χ4v) is 1.30. The first-order valence-corrected chi connectivity index (χ1v) is 5.65. The second-order valence-electron chi connectivity index (χ2n) is 4.25. The monoisotopic (exact) mass is 204 g/mol. The molecule has 0 aliphatic heterocycles. The minimum Gasteiger partial charge on any atom is -0.100 e. The minimum atomic E-state index is 1.02. The van der Waals surface area contributed by atoms with Crippen molar-refractivity contribution >= 4 is 0 Å². The first kappa shape index (κ1) is 14.0. The van der Waals surface area contributed by atoms with Crippen LogP contribution in [0.3, 0.4) is 0 Å². The fraction of sp³-hybridized carbons (Fsp3) is 0.467. The van der Waals surface area contributed by atoms with Crippen molar-refractivity contribution in [2.24, 2.45) is 0 Å². The molecule has 0 spiro atoms. The zero-order valence-electron chi connectivity index (χ0n) is 10.5. The molecule has 0 heterocycles. The van der Waals surface area contributed by atoms with Crippen molar-refractivity contribution < 1.29 is 0 Å². The highest BCUT2D eigenvalue weighted by atomic mass is 14.0. The van der Waals surface area contributed by atoms with E-state index in [0.717, 1.165) is 12.8 Å². The number of allylic oxidation sites excluding steroid dienone is 6. The van der Waals surface area contributed by atoms with E-state index in [4.69, 9.17) is 0 Å². The molecule has 0 fully saturated rings. The highest BCUT2D eigenvalue weighted by molar-refractivity contribution is 5.15. The van der Waals surface area contributed by atoms with Crippen LogP contribution in [0, 0.1) is 0 Å². The molecule has 15 heavy (non-hydrogen) atoms. The summed E-state index contributed by atoms with van der Waals surface area (Å²) >= 11 is 0. The summed E-state index contributed by atoms with van der Waals surface area (Å²) in [5.41, 5.74) is 4.01. The normalized spacial score (nSPS) is 12.7. The molecule has 0 aromatic rings. The summed E-state index contributed by atoms with van der Waals surface area (Å²) in [5.74, 6) is 0. The van der Waals surface area contributed by atoms with Crippen molar-refractivity contribution in [1.29, 1.82) is 0 Å². The van der Waals surface area contributed by atoms with E-state index in [1.807, 2.05) is 6.08 Å². The van der Waals surface area contributed by atoms with Crippen LogP contribution in [0.5, 0.6) is 0 Å². The van der Waals surface area contributed by atoms with Gasteiger partial charge in [-0.05, 0) is 46.5 Å². The van der Waals surface area contributed by atoms with E-state index in [2.05, 4.69) is 46.1 Å². The van der Waals surface area contributed by atoms with Gasteiger partial charge in [-0.3, -0.25) is 0 Å². The van der Waals surface area contributed by atoms with Crippen molar-refractivity contribution in [3.63, 3.8) is 0 Å². The van der Waals surface area contributed by atoms with Gasteiger partial charge in [-0.1, -0.05) is 41.5 Å². The minimum absolute atomic E-state index is 1.02. The highest BCUT2D eigenvalue weighted by Gasteiger charge is 1.91. The first-order valence-electron chi connectivity index (χ1n) is 5.65. The summed E-state index contributed by atoms with van der Waals surface area (Å²) in [6, 6.07) is 0. The van der Waals surface area contributed by atoms with Crippen LogP contribution in [0.1, 0.15) is 46.5 Å². The molecule has 0 saturated heterocycles. The van der Waals surface area contributed by atoms with Crippen LogP contribution in [0.15, 0.2) is 48.1 Å². The molecule has 0 heteroatoms. The summed E-state index contributed by atoms with van der Waals surface area (Å²) in [5, 5.41) is 0. The molecule has 0 radical (unpaired) electrons. The largest absolute Gasteiger partial charge is 0.100 e. The van der Waals surface area contributed by atoms with Crippen LogP contribution in [-0.2, 0) is 0 Å². The van der Waals surface area contributed by atoms with Crippen molar-refractivity contribution in [2.45, 2.75) is 46.5 Å². The van der Waals surface area contributed by atoms with Crippen LogP contribution in [-0.4, -0.2) is 0 Å². The third-order valence-corrected chi connectivity index (χ3v) is 2.40. The molecule has 0 rings (SSSR count). The quantitative estimate of drug-likeness (QED) is 0.395. The van der Waals surface area contributed by atoms with Gasteiger partial charge in [-0.15, -0.1) is 6.58 Å². The molecule has 0 aliphatic rings. The maximum atomic E-state index is 3.91. The Morgan fingerprint density at radius 1 is 1.07 bits per heavy atom. The van der Waals surface area contributed by atoms with Gasteiger partial charge in [0.05, 0.1) is 0 Å². The molecule has 0 unspecified atom stereocenters. The molecule has 0 aromatic heterocycles. The highest BCUT2D eigenvalue weighted by Crippen LogP contribution is 2.11. The van der Waals surface area contributed by atoms with Crippen LogP contribution >= 0.6 is 0 Å². The number of hydrogen-bond acceptors (Lipinski definition) is 0. The van der Waals surface area contributed by atoms with Gasteiger partial charge in [0.15, 0.2) is 0 Å². The van der Waals surface area contributed by atoms with Gasteiger partial charge in [0.2, 0.25) is 0 Å². The van der Waals surface area contributed by atoms with Gasteiger partial charge in [0.25, 0.3) is 0 Å². The Labute approximate surface area is 95.1 Å². The molecule has 0 saturated carbocycles. The van der Waals surface area contributed by atoms with Crippen LogP contribution < -0.4 is 0 Å². The van der Waals surface area contributed by atoms with Crippen molar-refractivity contribution in [3.8, 4) is 0 Å². The predicted octanol–water partition coefficient (Wildman–Crippen LogP) is 5.20. The lowest BCUT2D eigenvalue weighted by Gasteiger charge is -2.00. The Morgan fingerprint density at radius 2 is 1.73 bits per heavy atom. The van der Waals surface area contributed by atoms with E-state index in [9.17, 15) is 0 Å². The molecule has 0 N–H and O–H groups in total. The molecule has 0 amide bonds. The summed E-state index contributed by atoms with van der Waals surface area (Å²) < 4.78 is 0. The van der Waals surface area contributed by atoms with Crippen molar-refractivity contribution in [3.05, 3.63) is 48.1 Å². The van der Waals surface area contributed by atoms with Gasteiger partial charge < -0.3 is 0 Å². The van der Waals surface area contributed by atoms with Gasteiger partial charge >= 0.3 is 0 Å². The average Bonchev–Trinajstić information content (AvgIpc) is 2.17. The second kappa shape index (κ2) is 8.28. The molecule has 0 atom stereocenters. The molecular formula is C15H24. The average molecular weight is 204 g/mol. The Balaban J connectivity index is 3.79. The molecule has 84 valence electrons. The van der Waals surface area contributed by atoms with E-state index in [1.165, 1.54) is 29.6 Å². The Hall–Kier alpha value is -1.04. The predicted molar refractivity (Wildman–Crippen MR) is 71.0 cm³/mol. The lowest BCUT2D eigenvalue weighted by Crippen LogP contribution is -1.80. The fourth-order valence-electron chi connectivity index (χ4n) is 1.30. The topological polar surface area (TPSA) is 0 Å². The molecule has 0 aromatic carbocycles. The van der Waals surface area contributed by atoms with Crippen LogP contribution in [0.4, 0.5) is 0 Å². The summed E-state index contributed by atoms with van der Waals surface area (Å²) in [4.78, 5) is 0. The van der Waals surface area contributed by atoms with Gasteiger partial charge in [-0.2, -0.15) is 0 Å². The Morgan fingerprint density at radius 3 is 2.27 bits per heavy atom. The van der Waals surface area contributed by atoms with Crippen molar-refractivity contribution in [1.82, 2.24) is 0 Å². The Kier molecular flexibility index (Phi) is 7.71. The SMILES string of the molecule is C=C/C(C)=C/C/C=C(/C)CCCC(=C)C. The number of rotatable bonds is 7. The standard InChI is InChI=1S/C15H24/c1-6-14(4)10-8-12-15(5)11-7-9-13(2)3/h6,10,12H,1-2,7-9,11H2,3-5H3/b14-10+,15-12-. The molecule has 0 aliphatic carbocycles. The smallest absolute Gasteiger partial charge is 0.0161 e. The lowest BCUT2D eigenvalue weighted by molar-refractivity contribution is 0.803. The van der Waals surface area contributed by atoms with E-state index >= 15 is 0 Å². The zero-order valence-corrected chi connectivity index (χ0v) is 10.5. The first-order chi connectivity index (χ1) is 7.06. The summed E-state index contributed by atoms with van der Waals surface area (Å²) in [7, 11) is 0. The number of hydrogen-bond donors (Lipinski definition) is 0. The summed E-state index contributed by atoms with van der Waals surface area (Å²) in [6.07, 6.45) is 11.0. The van der Waals surface area contributed by atoms with Gasteiger partial charge in [0.1, 0.15) is 0 Å². The summed E-state index contributed by atoms with van der Waals surface area (Å²) in [6.45, 7) is 14.0. The van der Waals surface area contributed by atoms with Crippen LogP contribution in [0.25, 0.3) is 0 Å². The van der Waals surface area contributed by atoms with E-state index in [1.54, 1.807) is 0 Å². The second-order valence-corrected chi connectivity index (χ2v) is 4.25. The third kappa shape index (κ3) is 9.27. The van der Waals surface area contributed by atoms with E-state index in [0.29, 0.717) is 0 Å².